The number of hydrogen-bond donors (Lipinski definition) is 3. The van der Waals surface area contributed by atoms with Crippen molar-refractivity contribution in [2.24, 2.45) is 11.8 Å². The molecule has 0 saturated carbocycles. The zero-order valence-corrected chi connectivity index (χ0v) is 24.1. The molecular formula is C24H38N5O3PS2. The number of ketones is 2. The van der Waals surface area contributed by atoms with Crippen molar-refractivity contribution in [1.29, 1.82) is 0 Å². The Bertz CT molecular complexity index is 1090. The number of nitrogens with two attached hydrogens (primary N) is 1. The minimum absolute atomic E-state index is 0.0414. The number of methoxy groups -OCH3 is 1. The topological polar surface area (TPSA) is 113 Å². The molecule has 0 unspecified atom stereocenters. The van der Waals surface area contributed by atoms with E-state index in [2.05, 4.69) is 59.0 Å². The predicted octanol–water partition coefficient (Wildman–Crippen LogP) is 3.71. The number of Topliss-reactive ketones (excluding diaryl/α,β-unsaturated/α-hetero) is 2. The fraction of sp³-hybridized carbons (Fsp3) is 0.625. The maximum atomic E-state index is 13.4. The van der Waals surface area contributed by atoms with Crippen molar-refractivity contribution in [3.8, 4) is 5.88 Å². The zero-order chi connectivity index (χ0) is 26.1. The third-order valence-electron chi connectivity index (χ3n) is 7.51. The maximum absolute atomic E-state index is 13.4. The molecule has 0 aliphatic heterocycles. The van der Waals surface area contributed by atoms with Crippen molar-refractivity contribution in [2.75, 3.05) is 31.0 Å². The van der Waals surface area contributed by atoms with Gasteiger partial charge < -0.3 is 0 Å². The molecule has 0 radical (unpaired) electrons. The Hall–Kier alpha value is -1.64. The third-order valence-corrected chi connectivity index (χ3v) is 14.9. The molecule has 0 fully saturated rings. The van der Waals surface area contributed by atoms with Crippen LogP contribution in [0, 0.1) is 11.8 Å². The van der Waals surface area contributed by atoms with E-state index < -0.39 is 7.26 Å². The molecule has 0 saturated heterocycles. The van der Waals surface area contributed by atoms with Gasteiger partial charge in [-0.2, -0.15) is 0 Å². The van der Waals surface area contributed by atoms with Gasteiger partial charge in [0.1, 0.15) is 0 Å². The van der Waals surface area contributed by atoms with Gasteiger partial charge in [-0.1, -0.05) is 0 Å². The monoisotopic (exact) mass is 539 g/mol. The Morgan fingerprint density at radius 2 is 1.69 bits per heavy atom. The van der Waals surface area contributed by atoms with Crippen LogP contribution in [0.2, 0.25) is 0 Å². The van der Waals surface area contributed by atoms with Crippen molar-refractivity contribution < 1.29 is 14.3 Å². The first-order chi connectivity index (χ1) is 16.5. The summed E-state index contributed by atoms with van der Waals surface area (Å²) in [4.78, 5) is 39.9. The number of allylic oxidation sites excluding steroid dienone is 2. The molecular weight excluding hydrogens is 501 g/mol. The molecule has 2 heterocycles. The van der Waals surface area contributed by atoms with E-state index in [0.29, 0.717) is 28.5 Å². The van der Waals surface area contributed by atoms with E-state index in [0.717, 1.165) is 6.42 Å². The van der Waals surface area contributed by atoms with Crippen LogP contribution in [-0.2, 0) is 9.59 Å². The normalized spacial score (nSPS) is 20.5. The first-order valence-electron chi connectivity index (χ1n) is 12.0. The van der Waals surface area contributed by atoms with Gasteiger partial charge in [0.2, 0.25) is 0 Å². The SMILES string of the molecule is COc1nc(N)nc2c1ncn2[C@H]1C=C[C@@H]([PH](C)([C@H](CS)C(=O)C(C)C)[C@H](CS)C(=O)C(C)C)C1. The second-order valence-electron chi connectivity index (χ2n) is 10.2. The second kappa shape index (κ2) is 11.2. The van der Waals surface area contributed by atoms with Crippen LogP contribution in [0.4, 0.5) is 5.95 Å². The van der Waals surface area contributed by atoms with Crippen LogP contribution in [0.5, 0.6) is 5.88 Å². The number of ether oxygens (including phenoxy) is 1. The average Bonchev–Trinajstić information content (AvgIpc) is 3.46. The number of rotatable bonds is 11. The van der Waals surface area contributed by atoms with E-state index in [4.69, 9.17) is 10.5 Å². The van der Waals surface area contributed by atoms with Gasteiger partial charge in [-0.15, -0.1) is 0 Å². The van der Waals surface area contributed by atoms with Crippen LogP contribution in [-0.4, -0.2) is 73.3 Å². The number of imidazole rings is 1. The average molecular weight is 540 g/mol. The van der Waals surface area contributed by atoms with Crippen LogP contribution < -0.4 is 10.5 Å². The van der Waals surface area contributed by atoms with E-state index in [9.17, 15) is 9.59 Å². The number of fused-ring (bicyclic) bond motifs is 1. The molecule has 35 heavy (non-hydrogen) atoms. The summed E-state index contributed by atoms with van der Waals surface area (Å²) in [5, 5.41) is 0. The molecule has 1 aliphatic carbocycles. The second-order valence-corrected chi connectivity index (χ2v) is 15.8. The van der Waals surface area contributed by atoms with Gasteiger partial charge in [0, 0.05) is 0 Å². The molecule has 0 spiro atoms. The summed E-state index contributed by atoms with van der Waals surface area (Å²) in [5.41, 5.74) is 6.64. The number of carbonyl (C=O) groups excluding carboxylic acids is 2. The number of anilines is 1. The fourth-order valence-electron chi connectivity index (χ4n) is 5.39. The van der Waals surface area contributed by atoms with E-state index in [-0.39, 0.29) is 52.4 Å². The summed E-state index contributed by atoms with van der Waals surface area (Å²) in [6.07, 6.45) is 6.79. The molecule has 0 amide bonds. The Balaban J connectivity index is 2.06. The molecule has 11 heteroatoms. The fourth-order valence-corrected chi connectivity index (χ4v) is 13.6. The molecule has 3 rings (SSSR count). The van der Waals surface area contributed by atoms with Gasteiger partial charge in [-0.3, -0.25) is 0 Å². The summed E-state index contributed by atoms with van der Waals surface area (Å²) in [6.45, 7) is 9.92. The summed E-state index contributed by atoms with van der Waals surface area (Å²) in [7, 11) is -1.11. The van der Waals surface area contributed by atoms with Crippen LogP contribution in [0.25, 0.3) is 11.2 Å². The van der Waals surface area contributed by atoms with Gasteiger partial charge in [0.25, 0.3) is 0 Å². The molecule has 0 aromatic carbocycles. The van der Waals surface area contributed by atoms with Crippen LogP contribution >= 0.6 is 32.5 Å². The van der Waals surface area contributed by atoms with E-state index >= 15 is 0 Å². The van der Waals surface area contributed by atoms with Crippen molar-refractivity contribution >= 4 is 61.2 Å². The van der Waals surface area contributed by atoms with Crippen molar-refractivity contribution in [1.82, 2.24) is 19.5 Å². The molecule has 0 bridgehead atoms. The van der Waals surface area contributed by atoms with E-state index in [1.165, 1.54) is 7.11 Å². The first-order valence-corrected chi connectivity index (χ1v) is 16.0. The summed E-state index contributed by atoms with van der Waals surface area (Å²) < 4.78 is 7.31. The summed E-state index contributed by atoms with van der Waals surface area (Å²) >= 11 is 9.29. The molecule has 2 aromatic heterocycles. The summed E-state index contributed by atoms with van der Waals surface area (Å²) in [5.74, 6) is 1.43. The molecule has 2 N–H and O–H groups in total. The zero-order valence-electron chi connectivity index (χ0n) is 21.3. The van der Waals surface area contributed by atoms with Crippen molar-refractivity contribution in [3.05, 3.63) is 18.5 Å². The van der Waals surface area contributed by atoms with Crippen LogP contribution in [0.3, 0.4) is 0 Å². The number of thiol groups is 2. The van der Waals surface area contributed by atoms with Gasteiger partial charge >= 0.3 is 219 Å². The Morgan fingerprint density at radius 1 is 1.11 bits per heavy atom. The van der Waals surface area contributed by atoms with Gasteiger partial charge in [0.15, 0.2) is 0 Å². The third kappa shape index (κ3) is 5.12. The van der Waals surface area contributed by atoms with Crippen LogP contribution in [0.1, 0.15) is 40.2 Å². The predicted molar refractivity (Wildman–Crippen MR) is 152 cm³/mol. The molecule has 2 aromatic rings. The first kappa shape index (κ1) is 27.9. The van der Waals surface area contributed by atoms with E-state index in [1.807, 2.05) is 32.3 Å². The van der Waals surface area contributed by atoms with Crippen LogP contribution in [0.15, 0.2) is 18.5 Å². The van der Waals surface area contributed by atoms with Crippen molar-refractivity contribution in [2.45, 2.75) is 57.1 Å². The number of nitrogen functional groups attached to an aromatic ring is 1. The minimum atomic E-state index is -2.63. The van der Waals surface area contributed by atoms with Gasteiger partial charge in [0.05, 0.1) is 0 Å². The Morgan fingerprint density at radius 3 is 2.17 bits per heavy atom. The van der Waals surface area contributed by atoms with Crippen molar-refractivity contribution in [3.63, 3.8) is 0 Å². The number of aromatic nitrogens is 4. The standard InChI is InChI=1S/C24H38N5O3PS2/c1-13(2)20(30)17(10-34)33(6,18(11-35)21(31)14(3)4)16-8-7-15(9-16)29-12-26-19-22(29)27-24(25)28-23(19)32-5/h7-8,12-18,33-35H,9-11H2,1-6H3,(H2,25,27,28)/t15-,16+,17+,18+/m0/s1. The Labute approximate surface area is 219 Å². The van der Waals surface area contributed by atoms with Gasteiger partial charge in [-0.25, -0.2) is 0 Å². The van der Waals surface area contributed by atoms with Gasteiger partial charge in [-0.05, 0) is 0 Å². The molecule has 8 nitrogen and oxygen atoms in total. The number of nitrogens with zero attached hydrogens (tertiary/aromatic N) is 4. The number of hydrogen-bond acceptors (Lipinski definition) is 9. The Kier molecular flexibility index (Phi) is 8.92. The molecule has 4 atom stereocenters. The summed E-state index contributed by atoms with van der Waals surface area (Å²) in [6, 6.07) is -0.0414. The molecule has 1 aliphatic rings. The number of carbonyl (C=O) groups is 2. The van der Waals surface area contributed by atoms with E-state index in [1.54, 1.807) is 6.33 Å². The quantitative estimate of drug-likeness (QED) is 0.227. The molecule has 194 valence electrons.